The van der Waals surface area contributed by atoms with Gasteiger partial charge in [0, 0.05) is 19.3 Å². The highest BCUT2D eigenvalue weighted by Crippen LogP contribution is 2.18. The molecule has 0 heterocycles. The summed E-state index contributed by atoms with van der Waals surface area (Å²) in [4.78, 5) is 38.4. The van der Waals surface area contributed by atoms with E-state index in [-0.39, 0.29) is 31.1 Å². The van der Waals surface area contributed by atoms with Crippen LogP contribution in [-0.4, -0.2) is 37.2 Å². The van der Waals surface area contributed by atoms with E-state index in [0.717, 1.165) is 83.5 Å². The SMILES string of the molecule is CC/C=C\C/C=C\C/C=C\C/C=C\CCCCC(=O)OCC(COC(=O)CCCCCCCCCCCCCCCCCCCCC/C=C\CCCCCCCCCC)OC(=O)CCCCCCCCC/C=C\CCCCCCCCC. The van der Waals surface area contributed by atoms with Crippen molar-refractivity contribution < 1.29 is 28.6 Å². The van der Waals surface area contributed by atoms with Gasteiger partial charge in [-0.15, -0.1) is 0 Å². The lowest BCUT2D eigenvalue weighted by Gasteiger charge is -2.18. The monoisotopic (exact) mass is 1150 g/mol. The summed E-state index contributed by atoms with van der Waals surface area (Å²) in [5.74, 6) is -0.915. The topological polar surface area (TPSA) is 78.9 Å². The maximum Gasteiger partial charge on any atom is 0.306 e. The summed E-state index contributed by atoms with van der Waals surface area (Å²) in [6.45, 7) is 6.54. The van der Waals surface area contributed by atoms with E-state index in [1.54, 1.807) is 0 Å². The molecule has 0 saturated carbocycles. The smallest absolute Gasteiger partial charge is 0.306 e. The van der Waals surface area contributed by atoms with Gasteiger partial charge in [0.15, 0.2) is 6.10 Å². The summed E-state index contributed by atoms with van der Waals surface area (Å²) < 4.78 is 16.9. The number of unbranched alkanes of at least 4 members (excludes halogenated alkanes) is 43. The van der Waals surface area contributed by atoms with Gasteiger partial charge in [-0.2, -0.15) is 0 Å². The first-order chi connectivity index (χ1) is 40.5. The Bertz CT molecular complexity index is 1500. The molecule has 0 spiro atoms. The third kappa shape index (κ3) is 67.6. The van der Waals surface area contributed by atoms with E-state index in [4.69, 9.17) is 14.2 Å². The van der Waals surface area contributed by atoms with Crippen LogP contribution in [0.15, 0.2) is 72.9 Å². The van der Waals surface area contributed by atoms with Crippen molar-refractivity contribution in [2.75, 3.05) is 13.2 Å². The number of carbonyl (C=O) groups excluding carboxylic acids is 3. The first-order valence-corrected chi connectivity index (χ1v) is 35.9. The van der Waals surface area contributed by atoms with Crippen molar-refractivity contribution in [2.45, 2.75) is 380 Å². The Morgan fingerprint density at radius 3 is 0.780 bits per heavy atom. The van der Waals surface area contributed by atoms with Crippen LogP contribution in [0.4, 0.5) is 0 Å². The average Bonchev–Trinajstić information content (AvgIpc) is 3.47. The summed E-state index contributed by atoms with van der Waals surface area (Å²) in [5.41, 5.74) is 0. The van der Waals surface area contributed by atoms with E-state index in [0.29, 0.717) is 19.3 Å². The van der Waals surface area contributed by atoms with Crippen molar-refractivity contribution >= 4 is 17.9 Å². The highest BCUT2D eigenvalue weighted by molar-refractivity contribution is 5.71. The van der Waals surface area contributed by atoms with Crippen molar-refractivity contribution in [1.29, 1.82) is 0 Å². The Kier molecular flexibility index (Phi) is 67.6. The van der Waals surface area contributed by atoms with Crippen molar-refractivity contribution in [3.05, 3.63) is 72.9 Å². The summed E-state index contributed by atoms with van der Waals surface area (Å²) in [6, 6.07) is 0. The van der Waals surface area contributed by atoms with Gasteiger partial charge >= 0.3 is 17.9 Å². The fourth-order valence-corrected chi connectivity index (χ4v) is 10.5. The Hall–Kier alpha value is -3.15. The lowest BCUT2D eigenvalue weighted by molar-refractivity contribution is -0.167. The van der Waals surface area contributed by atoms with E-state index in [9.17, 15) is 14.4 Å². The van der Waals surface area contributed by atoms with E-state index >= 15 is 0 Å². The molecule has 0 aromatic carbocycles. The van der Waals surface area contributed by atoms with E-state index in [1.807, 2.05) is 0 Å². The Morgan fingerprint density at radius 1 is 0.256 bits per heavy atom. The van der Waals surface area contributed by atoms with Crippen LogP contribution in [0, 0.1) is 0 Å². The molecule has 0 saturated heterocycles. The molecule has 0 aliphatic heterocycles. The van der Waals surface area contributed by atoms with Gasteiger partial charge in [-0.1, -0.05) is 318 Å². The van der Waals surface area contributed by atoms with Crippen LogP contribution in [0.2, 0.25) is 0 Å². The lowest BCUT2D eigenvalue weighted by atomic mass is 10.0. The lowest BCUT2D eigenvalue weighted by Crippen LogP contribution is -2.30. The Morgan fingerprint density at radius 2 is 0.476 bits per heavy atom. The number of ether oxygens (including phenoxy) is 3. The summed E-state index contributed by atoms with van der Waals surface area (Å²) >= 11 is 0. The minimum Gasteiger partial charge on any atom is -0.462 e. The molecule has 6 nitrogen and oxygen atoms in total. The third-order valence-corrected chi connectivity index (χ3v) is 15.9. The van der Waals surface area contributed by atoms with Crippen molar-refractivity contribution in [3.8, 4) is 0 Å². The van der Waals surface area contributed by atoms with Crippen LogP contribution in [0.5, 0.6) is 0 Å². The van der Waals surface area contributed by atoms with Crippen LogP contribution >= 0.6 is 0 Å². The zero-order valence-corrected chi connectivity index (χ0v) is 54.8. The number of allylic oxidation sites excluding steroid dienone is 12. The van der Waals surface area contributed by atoms with Crippen LogP contribution in [-0.2, 0) is 28.6 Å². The van der Waals surface area contributed by atoms with Crippen LogP contribution in [0.1, 0.15) is 374 Å². The second kappa shape index (κ2) is 70.3. The predicted octanol–water partition coefficient (Wildman–Crippen LogP) is 24.8. The third-order valence-electron chi connectivity index (χ3n) is 15.9. The van der Waals surface area contributed by atoms with Gasteiger partial charge in [0.2, 0.25) is 0 Å². The van der Waals surface area contributed by atoms with Gasteiger partial charge in [-0.25, -0.2) is 0 Å². The molecule has 1 atom stereocenters. The molecule has 0 aliphatic carbocycles. The van der Waals surface area contributed by atoms with Crippen LogP contribution in [0.25, 0.3) is 0 Å². The number of esters is 3. The molecular weight excluding hydrogens is 1010 g/mol. The molecular formula is C76H136O6. The number of carbonyl (C=O) groups is 3. The van der Waals surface area contributed by atoms with Gasteiger partial charge in [0.1, 0.15) is 13.2 Å². The fourth-order valence-electron chi connectivity index (χ4n) is 10.5. The highest BCUT2D eigenvalue weighted by Gasteiger charge is 2.19. The van der Waals surface area contributed by atoms with Gasteiger partial charge in [-0.05, 0) is 109 Å². The predicted molar refractivity (Wildman–Crippen MR) is 358 cm³/mol. The quantitative estimate of drug-likeness (QED) is 0.0261. The molecule has 0 rings (SSSR count). The normalized spacial score (nSPS) is 12.5. The van der Waals surface area contributed by atoms with Gasteiger partial charge in [0.25, 0.3) is 0 Å². The molecule has 0 radical (unpaired) electrons. The molecule has 476 valence electrons. The van der Waals surface area contributed by atoms with E-state index in [2.05, 4.69) is 93.7 Å². The van der Waals surface area contributed by atoms with Crippen LogP contribution in [0.3, 0.4) is 0 Å². The van der Waals surface area contributed by atoms with Crippen molar-refractivity contribution in [1.82, 2.24) is 0 Å². The molecule has 0 N–H and O–H groups in total. The molecule has 0 fully saturated rings. The van der Waals surface area contributed by atoms with E-state index in [1.165, 1.54) is 250 Å². The number of hydrogen-bond donors (Lipinski definition) is 0. The number of rotatable bonds is 66. The Balaban J connectivity index is 4.22. The van der Waals surface area contributed by atoms with Gasteiger partial charge < -0.3 is 14.2 Å². The fraction of sp³-hybridized carbons (Fsp3) is 0.803. The molecule has 82 heavy (non-hydrogen) atoms. The average molecular weight is 1150 g/mol. The summed E-state index contributed by atoms with van der Waals surface area (Å²) in [5, 5.41) is 0. The standard InChI is InChI=1S/C76H136O6/c1-4-7-10-13-16-19-22-25-28-30-32-33-34-35-36-37-38-39-40-41-42-43-44-46-48-51-54-57-60-63-66-69-75(78)81-72-73(71-80-74(77)68-65-62-59-56-53-50-47-27-24-21-18-15-12-9-6-3)82-76(79)70-67-64-61-58-55-52-49-45-31-29-26-23-20-17-14-11-8-5-2/h9,12,18,21,27,29-32,47,53,56,73H,4-8,10-11,13-17,19-20,22-26,28,33-46,48-52,54-55,57-72H2,1-3H3/b12-9-,21-18-,31-29-,32-30-,47-27-,56-53-. The maximum absolute atomic E-state index is 12.9. The maximum atomic E-state index is 12.9. The largest absolute Gasteiger partial charge is 0.462 e. The van der Waals surface area contributed by atoms with Crippen molar-refractivity contribution in [3.63, 3.8) is 0 Å². The minimum absolute atomic E-state index is 0.0872. The second-order valence-electron chi connectivity index (χ2n) is 24.1. The first kappa shape index (κ1) is 78.8. The van der Waals surface area contributed by atoms with E-state index < -0.39 is 6.10 Å². The first-order valence-electron chi connectivity index (χ1n) is 35.9. The molecule has 0 aromatic heterocycles. The molecule has 6 heteroatoms. The zero-order valence-electron chi connectivity index (χ0n) is 54.8. The molecule has 0 amide bonds. The van der Waals surface area contributed by atoms with Gasteiger partial charge in [0.05, 0.1) is 0 Å². The molecule has 1 unspecified atom stereocenters. The van der Waals surface area contributed by atoms with Crippen molar-refractivity contribution in [2.24, 2.45) is 0 Å². The van der Waals surface area contributed by atoms with Crippen LogP contribution < -0.4 is 0 Å². The van der Waals surface area contributed by atoms with Gasteiger partial charge in [-0.3, -0.25) is 14.4 Å². The Labute approximate surface area is 510 Å². The molecule has 0 aliphatic rings. The summed E-state index contributed by atoms with van der Waals surface area (Å²) in [7, 11) is 0. The highest BCUT2D eigenvalue weighted by atomic mass is 16.6. The molecule has 0 aromatic rings. The number of hydrogen-bond acceptors (Lipinski definition) is 6. The molecule has 0 bridgehead atoms. The minimum atomic E-state index is -0.795. The summed E-state index contributed by atoms with van der Waals surface area (Å²) in [6.07, 6.45) is 92.4. The zero-order chi connectivity index (χ0) is 59.2. The second-order valence-corrected chi connectivity index (χ2v) is 24.1.